The number of aromatic nitrogens is 2. The van der Waals surface area contributed by atoms with Gasteiger partial charge in [0, 0.05) is 18.5 Å². The molecule has 1 N–H and O–H groups in total. The summed E-state index contributed by atoms with van der Waals surface area (Å²) in [5, 5.41) is 6.93. The van der Waals surface area contributed by atoms with E-state index >= 15 is 0 Å². The number of hydrogen-bond donors (Lipinski definition) is 1. The molecule has 1 aromatic heterocycles. The summed E-state index contributed by atoms with van der Waals surface area (Å²) in [6.07, 6.45) is 4.04. The fraction of sp³-hybridized carbons (Fsp3) is 0.786. The van der Waals surface area contributed by atoms with Crippen LogP contribution in [0.3, 0.4) is 0 Å². The smallest absolute Gasteiger partial charge is 0.407 e. The highest BCUT2D eigenvalue weighted by atomic mass is 16.5. The molecule has 0 radical (unpaired) electrons. The number of carbonyl (C=O) groups is 1. The zero-order chi connectivity index (χ0) is 14.7. The van der Waals surface area contributed by atoms with E-state index in [0.29, 0.717) is 25.0 Å². The van der Waals surface area contributed by atoms with Gasteiger partial charge in [-0.05, 0) is 39.2 Å². The molecule has 1 saturated carbocycles. The Bertz CT molecular complexity index is 486. The van der Waals surface area contributed by atoms with E-state index in [-0.39, 0.29) is 12.1 Å². The maximum atomic E-state index is 11.5. The summed E-state index contributed by atoms with van der Waals surface area (Å²) in [6, 6.07) is 0.128. The van der Waals surface area contributed by atoms with E-state index in [9.17, 15) is 4.79 Å². The highest BCUT2D eigenvalue weighted by Crippen LogP contribution is 2.38. The zero-order valence-electron chi connectivity index (χ0n) is 12.4. The largest absolute Gasteiger partial charge is 0.450 e. The summed E-state index contributed by atoms with van der Waals surface area (Å²) in [5.41, 5.74) is 0. The van der Waals surface area contributed by atoms with Crippen molar-refractivity contribution in [1.29, 1.82) is 0 Å². The molecule has 2 heterocycles. The Morgan fingerprint density at radius 2 is 2.33 bits per heavy atom. The average molecular weight is 294 g/mol. The fourth-order valence-electron chi connectivity index (χ4n) is 2.69. The third kappa shape index (κ3) is 3.93. The van der Waals surface area contributed by atoms with Crippen LogP contribution in [0.15, 0.2) is 4.52 Å². The molecule has 1 atom stereocenters. The van der Waals surface area contributed by atoms with Crippen LogP contribution < -0.4 is 5.32 Å². The van der Waals surface area contributed by atoms with Crippen molar-refractivity contribution in [3.05, 3.63) is 11.7 Å². The number of alkyl carbamates (subject to hydrolysis) is 1. The van der Waals surface area contributed by atoms with Gasteiger partial charge in [0.05, 0.1) is 13.2 Å². The molecule has 0 aromatic carbocycles. The van der Waals surface area contributed by atoms with Gasteiger partial charge in [-0.2, -0.15) is 4.98 Å². The molecule has 2 fully saturated rings. The Morgan fingerprint density at radius 3 is 3.10 bits per heavy atom. The predicted molar refractivity (Wildman–Crippen MR) is 74.7 cm³/mol. The number of ether oxygens (including phenoxy) is 1. The van der Waals surface area contributed by atoms with Crippen LogP contribution in [-0.4, -0.2) is 46.9 Å². The van der Waals surface area contributed by atoms with Crippen molar-refractivity contribution in [2.24, 2.45) is 0 Å². The second-order valence-electron chi connectivity index (χ2n) is 5.76. The van der Waals surface area contributed by atoms with Crippen molar-refractivity contribution in [1.82, 2.24) is 20.4 Å². The summed E-state index contributed by atoms with van der Waals surface area (Å²) in [5.74, 6) is 2.04. The monoisotopic (exact) mass is 294 g/mol. The van der Waals surface area contributed by atoms with Crippen molar-refractivity contribution in [2.45, 2.75) is 51.1 Å². The Hall–Kier alpha value is -1.63. The van der Waals surface area contributed by atoms with E-state index in [1.54, 1.807) is 6.92 Å². The number of nitrogens with one attached hydrogen (secondary N) is 1. The van der Waals surface area contributed by atoms with Gasteiger partial charge < -0.3 is 14.6 Å². The standard InChI is InChI=1S/C14H22N4O3/c1-2-20-14(19)15-11-4-3-7-18(8-11)9-12-16-13(17-21-12)10-5-6-10/h10-11H,2-9H2,1H3,(H,15,19). The summed E-state index contributed by atoms with van der Waals surface area (Å²) >= 11 is 0. The first kappa shape index (κ1) is 14.3. The zero-order valence-corrected chi connectivity index (χ0v) is 12.4. The van der Waals surface area contributed by atoms with Gasteiger partial charge in [0.1, 0.15) is 0 Å². The number of carbonyl (C=O) groups excluding carboxylic acids is 1. The van der Waals surface area contributed by atoms with Gasteiger partial charge >= 0.3 is 6.09 Å². The van der Waals surface area contributed by atoms with Gasteiger partial charge in [-0.15, -0.1) is 0 Å². The first-order valence-electron chi connectivity index (χ1n) is 7.72. The minimum Gasteiger partial charge on any atom is -0.450 e. The molecular formula is C14H22N4O3. The molecule has 1 amide bonds. The Balaban J connectivity index is 1.49. The normalized spacial score (nSPS) is 23.0. The van der Waals surface area contributed by atoms with E-state index in [4.69, 9.17) is 9.26 Å². The predicted octanol–water partition coefficient (Wildman–Crippen LogP) is 1.66. The Kier molecular flexibility index (Phi) is 4.38. The van der Waals surface area contributed by atoms with Gasteiger partial charge in [-0.1, -0.05) is 5.16 Å². The van der Waals surface area contributed by atoms with Crippen LogP contribution in [0.5, 0.6) is 0 Å². The molecular weight excluding hydrogens is 272 g/mol. The number of rotatable bonds is 5. The Labute approximate surface area is 124 Å². The Morgan fingerprint density at radius 1 is 1.48 bits per heavy atom. The fourth-order valence-corrected chi connectivity index (χ4v) is 2.69. The molecule has 0 spiro atoms. The summed E-state index contributed by atoms with van der Waals surface area (Å²) in [6.45, 7) is 4.64. The molecule has 1 aliphatic heterocycles. The van der Waals surface area contributed by atoms with E-state index < -0.39 is 0 Å². The molecule has 0 bridgehead atoms. The molecule has 7 heteroatoms. The molecule has 1 aromatic rings. The lowest BCUT2D eigenvalue weighted by atomic mass is 10.1. The average Bonchev–Trinajstić information content (AvgIpc) is 3.20. The molecule has 21 heavy (non-hydrogen) atoms. The SMILES string of the molecule is CCOC(=O)NC1CCCN(Cc2nc(C3CC3)no2)C1. The molecule has 1 unspecified atom stereocenters. The van der Waals surface area contributed by atoms with Crippen molar-refractivity contribution in [3.63, 3.8) is 0 Å². The number of hydrogen-bond acceptors (Lipinski definition) is 6. The van der Waals surface area contributed by atoms with E-state index in [0.717, 1.165) is 31.8 Å². The second kappa shape index (κ2) is 6.43. The second-order valence-corrected chi connectivity index (χ2v) is 5.76. The van der Waals surface area contributed by atoms with Crippen LogP contribution in [-0.2, 0) is 11.3 Å². The molecule has 7 nitrogen and oxygen atoms in total. The van der Waals surface area contributed by atoms with Crippen molar-refractivity contribution >= 4 is 6.09 Å². The van der Waals surface area contributed by atoms with Gasteiger partial charge in [0.2, 0.25) is 5.89 Å². The van der Waals surface area contributed by atoms with Crippen molar-refractivity contribution in [3.8, 4) is 0 Å². The summed E-state index contributed by atoms with van der Waals surface area (Å²) in [7, 11) is 0. The molecule has 116 valence electrons. The first-order chi connectivity index (χ1) is 10.2. The van der Waals surface area contributed by atoms with Crippen molar-refractivity contribution in [2.75, 3.05) is 19.7 Å². The van der Waals surface area contributed by atoms with Crippen LogP contribution in [0.2, 0.25) is 0 Å². The highest BCUT2D eigenvalue weighted by molar-refractivity contribution is 5.67. The lowest BCUT2D eigenvalue weighted by Crippen LogP contribution is -2.47. The van der Waals surface area contributed by atoms with Crippen LogP contribution in [0.25, 0.3) is 0 Å². The van der Waals surface area contributed by atoms with Crippen LogP contribution in [0.1, 0.15) is 50.2 Å². The summed E-state index contributed by atoms with van der Waals surface area (Å²) in [4.78, 5) is 18.2. The minimum absolute atomic E-state index is 0.128. The maximum absolute atomic E-state index is 11.5. The number of likely N-dealkylation sites (tertiary alicyclic amines) is 1. The lowest BCUT2D eigenvalue weighted by Gasteiger charge is -2.31. The quantitative estimate of drug-likeness (QED) is 0.889. The van der Waals surface area contributed by atoms with E-state index in [1.165, 1.54) is 12.8 Å². The van der Waals surface area contributed by atoms with Crippen molar-refractivity contribution < 1.29 is 14.1 Å². The van der Waals surface area contributed by atoms with Crippen LogP contribution in [0.4, 0.5) is 4.79 Å². The van der Waals surface area contributed by atoms with E-state index in [1.807, 2.05) is 0 Å². The highest BCUT2D eigenvalue weighted by Gasteiger charge is 2.29. The molecule has 3 rings (SSSR count). The topological polar surface area (TPSA) is 80.5 Å². The third-order valence-corrected chi connectivity index (χ3v) is 3.89. The minimum atomic E-state index is -0.335. The number of amides is 1. The van der Waals surface area contributed by atoms with Gasteiger partial charge in [-0.3, -0.25) is 4.90 Å². The third-order valence-electron chi connectivity index (χ3n) is 3.89. The lowest BCUT2D eigenvalue weighted by molar-refractivity contribution is 0.128. The number of nitrogens with zero attached hydrogens (tertiary/aromatic N) is 3. The van der Waals surface area contributed by atoms with Crippen LogP contribution in [0, 0.1) is 0 Å². The maximum Gasteiger partial charge on any atom is 0.407 e. The van der Waals surface area contributed by atoms with Gasteiger partial charge in [-0.25, -0.2) is 4.79 Å². The number of piperidine rings is 1. The molecule has 1 saturated heterocycles. The first-order valence-corrected chi connectivity index (χ1v) is 7.72. The van der Waals surface area contributed by atoms with Crippen LogP contribution >= 0.6 is 0 Å². The molecule has 1 aliphatic carbocycles. The van der Waals surface area contributed by atoms with Gasteiger partial charge in [0.25, 0.3) is 0 Å². The molecule has 2 aliphatic rings. The van der Waals surface area contributed by atoms with Gasteiger partial charge in [0.15, 0.2) is 5.82 Å². The summed E-state index contributed by atoms with van der Waals surface area (Å²) < 4.78 is 10.2. The van der Waals surface area contributed by atoms with E-state index in [2.05, 4.69) is 20.4 Å².